The highest BCUT2D eigenvalue weighted by Crippen LogP contribution is 2.31. The average Bonchev–Trinajstić information content (AvgIpc) is 2.37. The van der Waals surface area contributed by atoms with Crippen LogP contribution >= 0.6 is 0 Å². The normalized spacial score (nSPS) is 13.1. The first-order valence-electron chi connectivity index (χ1n) is 6.36. The van der Waals surface area contributed by atoms with E-state index in [0.717, 1.165) is 12.1 Å². The Labute approximate surface area is 120 Å². The zero-order valence-electron chi connectivity index (χ0n) is 11.9. The van der Waals surface area contributed by atoms with Gasteiger partial charge in [0.1, 0.15) is 11.9 Å². The highest BCUT2D eigenvalue weighted by molar-refractivity contribution is 5.79. The number of anilines is 1. The van der Waals surface area contributed by atoms with Crippen molar-refractivity contribution in [2.45, 2.75) is 32.5 Å². The van der Waals surface area contributed by atoms with Crippen LogP contribution in [0.25, 0.3) is 0 Å². The summed E-state index contributed by atoms with van der Waals surface area (Å²) in [6, 6.07) is 1.30. The molecule has 7 heteroatoms. The minimum atomic E-state index is -4.61. The Kier molecular flexibility index (Phi) is 5.57. The zero-order valence-corrected chi connectivity index (χ0v) is 11.9. The first-order chi connectivity index (χ1) is 9.65. The Morgan fingerprint density at radius 1 is 1.33 bits per heavy atom. The molecule has 0 radical (unpaired) electrons. The molecule has 0 aliphatic carbocycles. The lowest BCUT2D eigenvalue weighted by molar-refractivity contribution is -0.142. The molecule has 0 spiro atoms. The molecular weight excluding hydrogens is 290 g/mol. The van der Waals surface area contributed by atoms with Gasteiger partial charge in [0.2, 0.25) is 0 Å². The fourth-order valence-electron chi connectivity index (χ4n) is 1.82. The van der Waals surface area contributed by atoms with Gasteiger partial charge in [-0.05, 0) is 30.5 Å². The van der Waals surface area contributed by atoms with E-state index < -0.39 is 29.6 Å². The largest absolute Gasteiger partial charge is 0.467 e. The van der Waals surface area contributed by atoms with Gasteiger partial charge in [-0.3, -0.25) is 0 Å². The molecule has 1 aromatic carbocycles. The number of hydrogen-bond acceptors (Lipinski definition) is 3. The van der Waals surface area contributed by atoms with Gasteiger partial charge in [-0.25, -0.2) is 9.18 Å². The summed E-state index contributed by atoms with van der Waals surface area (Å²) in [6.45, 7) is 3.72. The molecular formula is C14H17F4NO2. The van der Waals surface area contributed by atoms with Gasteiger partial charge in [-0.2, -0.15) is 13.2 Å². The maximum atomic E-state index is 13.7. The number of nitrogens with one attached hydrogen (secondary N) is 1. The summed E-state index contributed by atoms with van der Waals surface area (Å²) in [5.41, 5.74) is -1.25. The monoisotopic (exact) mass is 307 g/mol. The van der Waals surface area contributed by atoms with Crippen LogP contribution in [0.5, 0.6) is 0 Å². The van der Waals surface area contributed by atoms with Crippen molar-refractivity contribution in [2.24, 2.45) is 5.92 Å². The van der Waals surface area contributed by atoms with Crippen molar-refractivity contribution in [1.29, 1.82) is 0 Å². The standard InChI is InChI=1S/C14H17F4NO2/c1-8(2)6-12(13(20)21-3)19-11-5-4-9(7-10(11)15)14(16,17)18/h4-5,7-8,12,19H,6H2,1-3H3. The average molecular weight is 307 g/mol. The summed E-state index contributed by atoms with van der Waals surface area (Å²) in [6.07, 6.45) is -4.24. The lowest BCUT2D eigenvalue weighted by atomic mass is 10.0. The molecule has 0 aliphatic rings. The van der Waals surface area contributed by atoms with Crippen LogP contribution in [0.1, 0.15) is 25.8 Å². The third-order valence-corrected chi connectivity index (χ3v) is 2.82. The second kappa shape index (κ2) is 6.78. The molecule has 0 aromatic heterocycles. The van der Waals surface area contributed by atoms with E-state index in [4.69, 9.17) is 0 Å². The topological polar surface area (TPSA) is 38.3 Å². The van der Waals surface area contributed by atoms with Gasteiger partial charge < -0.3 is 10.1 Å². The van der Waals surface area contributed by atoms with Crippen molar-refractivity contribution < 1.29 is 27.1 Å². The van der Waals surface area contributed by atoms with Crippen LogP contribution in [-0.2, 0) is 15.7 Å². The number of esters is 1. The number of rotatable bonds is 5. The summed E-state index contributed by atoms with van der Waals surface area (Å²) in [7, 11) is 1.19. The first kappa shape index (κ1) is 17.3. The lowest BCUT2D eigenvalue weighted by Crippen LogP contribution is -2.32. The Morgan fingerprint density at radius 2 is 1.95 bits per heavy atom. The Balaban J connectivity index is 2.97. The van der Waals surface area contributed by atoms with E-state index in [0.29, 0.717) is 12.5 Å². The molecule has 0 aliphatic heterocycles. The maximum Gasteiger partial charge on any atom is 0.416 e. The first-order valence-corrected chi connectivity index (χ1v) is 6.36. The van der Waals surface area contributed by atoms with Gasteiger partial charge in [-0.1, -0.05) is 13.8 Å². The minimum Gasteiger partial charge on any atom is -0.467 e. The van der Waals surface area contributed by atoms with Crippen molar-refractivity contribution in [3.8, 4) is 0 Å². The Hall–Kier alpha value is -1.79. The summed E-state index contributed by atoms with van der Waals surface area (Å²) in [4.78, 5) is 11.6. The summed E-state index contributed by atoms with van der Waals surface area (Å²) < 4.78 is 55.7. The van der Waals surface area contributed by atoms with Crippen LogP contribution in [0.4, 0.5) is 23.2 Å². The van der Waals surface area contributed by atoms with Crippen LogP contribution in [0.3, 0.4) is 0 Å². The number of carbonyl (C=O) groups is 1. The third-order valence-electron chi connectivity index (χ3n) is 2.82. The summed E-state index contributed by atoms with van der Waals surface area (Å²) in [5.74, 6) is -1.54. The highest BCUT2D eigenvalue weighted by Gasteiger charge is 2.31. The minimum absolute atomic E-state index is 0.124. The van der Waals surface area contributed by atoms with Crippen LogP contribution in [0.15, 0.2) is 18.2 Å². The maximum absolute atomic E-state index is 13.7. The molecule has 3 nitrogen and oxygen atoms in total. The number of hydrogen-bond donors (Lipinski definition) is 1. The van der Waals surface area contributed by atoms with Crippen LogP contribution in [-0.4, -0.2) is 19.1 Å². The van der Waals surface area contributed by atoms with Gasteiger partial charge in [0.05, 0.1) is 18.4 Å². The number of methoxy groups -OCH3 is 1. The van der Waals surface area contributed by atoms with Crippen molar-refractivity contribution in [2.75, 3.05) is 12.4 Å². The van der Waals surface area contributed by atoms with E-state index in [1.165, 1.54) is 7.11 Å². The number of ether oxygens (including phenoxy) is 1. The van der Waals surface area contributed by atoms with E-state index in [1.807, 2.05) is 13.8 Å². The fraction of sp³-hybridized carbons (Fsp3) is 0.500. The summed E-state index contributed by atoms with van der Waals surface area (Å²) >= 11 is 0. The van der Waals surface area contributed by atoms with E-state index in [2.05, 4.69) is 10.1 Å². The molecule has 0 saturated heterocycles. The molecule has 1 aromatic rings. The van der Waals surface area contributed by atoms with Gasteiger partial charge in [-0.15, -0.1) is 0 Å². The smallest absolute Gasteiger partial charge is 0.416 e. The van der Waals surface area contributed by atoms with E-state index >= 15 is 0 Å². The molecule has 0 amide bonds. The van der Waals surface area contributed by atoms with Gasteiger partial charge in [0.25, 0.3) is 0 Å². The molecule has 0 bridgehead atoms. The number of halogens is 4. The molecule has 1 unspecified atom stereocenters. The predicted molar refractivity (Wildman–Crippen MR) is 70.3 cm³/mol. The number of carbonyl (C=O) groups excluding carboxylic acids is 1. The van der Waals surface area contributed by atoms with E-state index in [9.17, 15) is 22.4 Å². The van der Waals surface area contributed by atoms with Gasteiger partial charge in [0, 0.05) is 0 Å². The number of benzene rings is 1. The molecule has 1 N–H and O–H groups in total. The SMILES string of the molecule is COC(=O)C(CC(C)C)Nc1ccc(C(F)(F)F)cc1F. The molecule has 21 heavy (non-hydrogen) atoms. The Bertz CT molecular complexity index is 500. The second-order valence-corrected chi connectivity index (χ2v) is 5.04. The molecule has 118 valence electrons. The zero-order chi connectivity index (χ0) is 16.2. The van der Waals surface area contributed by atoms with Crippen molar-refractivity contribution in [1.82, 2.24) is 0 Å². The Morgan fingerprint density at radius 3 is 2.38 bits per heavy atom. The van der Waals surface area contributed by atoms with E-state index in [-0.39, 0.29) is 11.6 Å². The molecule has 1 rings (SSSR count). The van der Waals surface area contributed by atoms with Crippen LogP contribution in [0.2, 0.25) is 0 Å². The van der Waals surface area contributed by atoms with Gasteiger partial charge in [0.15, 0.2) is 0 Å². The van der Waals surface area contributed by atoms with Crippen molar-refractivity contribution in [3.05, 3.63) is 29.6 Å². The molecule has 0 saturated carbocycles. The highest BCUT2D eigenvalue weighted by atomic mass is 19.4. The predicted octanol–water partition coefficient (Wildman–Crippen LogP) is 3.84. The quantitative estimate of drug-likeness (QED) is 0.663. The summed E-state index contributed by atoms with van der Waals surface area (Å²) in [5, 5.41) is 2.59. The number of alkyl halides is 3. The van der Waals surface area contributed by atoms with Crippen molar-refractivity contribution >= 4 is 11.7 Å². The third kappa shape index (κ3) is 4.91. The van der Waals surface area contributed by atoms with Crippen molar-refractivity contribution in [3.63, 3.8) is 0 Å². The van der Waals surface area contributed by atoms with Crippen LogP contribution in [0, 0.1) is 11.7 Å². The fourth-order valence-corrected chi connectivity index (χ4v) is 1.82. The second-order valence-electron chi connectivity index (χ2n) is 5.04. The van der Waals surface area contributed by atoms with Gasteiger partial charge >= 0.3 is 12.1 Å². The lowest BCUT2D eigenvalue weighted by Gasteiger charge is -2.20. The van der Waals surface area contributed by atoms with E-state index in [1.54, 1.807) is 0 Å². The molecule has 1 atom stereocenters. The van der Waals surface area contributed by atoms with Crippen LogP contribution < -0.4 is 5.32 Å². The molecule has 0 heterocycles. The molecule has 0 fully saturated rings.